The molecule has 0 aliphatic rings. The van der Waals surface area contributed by atoms with Crippen molar-refractivity contribution in [2.24, 2.45) is 0 Å². The van der Waals surface area contributed by atoms with Crippen LogP contribution in [0.3, 0.4) is 0 Å². The maximum atomic E-state index is 12.7. The smallest absolute Gasteiger partial charge is 0.328 e. The van der Waals surface area contributed by atoms with Gasteiger partial charge in [-0.2, -0.15) is 0 Å². The van der Waals surface area contributed by atoms with E-state index in [9.17, 15) is 9.59 Å². The molecule has 1 aromatic heterocycles. The molecule has 2 aromatic rings. The molecule has 1 amide bonds. The van der Waals surface area contributed by atoms with Crippen LogP contribution in [-0.2, 0) is 16.0 Å². The molecule has 0 saturated heterocycles. The Labute approximate surface area is 165 Å². The third-order valence-corrected chi connectivity index (χ3v) is 5.09. The van der Waals surface area contributed by atoms with Gasteiger partial charge in [0, 0.05) is 18.4 Å². The molecule has 2 rings (SSSR count). The second kappa shape index (κ2) is 10.3. The second-order valence-electron chi connectivity index (χ2n) is 5.44. The number of carbonyl (C=O) groups excluding carboxylic acids is 2. The highest BCUT2D eigenvalue weighted by atomic mass is 79.9. The van der Waals surface area contributed by atoms with E-state index < -0.39 is 17.9 Å². The Morgan fingerprint density at radius 1 is 1.31 bits per heavy atom. The quantitative estimate of drug-likeness (QED) is 0.387. The number of ether oxygens (including phenoxy) is 1. The summed E-state index contributed by atoms with van der Waals surface area (Å²) in [5, 5.41) is 3.24. The molecule has 0 aliphatic carbocycles. The number of halogens is 1. The van der Waals surface area contributed by atoms with Crippen molar-refractivity contribution in [3.63, 3.8) is 0 Å². The average Bonchev–Trinajstić information content (AvgIpc) is 2.66. The number of methoxy groups -OCH3 is 1. The van der Waals surface area contributed by atoms with E-state index in [0.29, 0.717) is 16.0 Å². The summed E-state index contributed by atoms with van der Waals surface area (Å²) < 4.78 is 5.30. The SMILES string of the molecule is CCCSc1ncc(Br)c(C(=O)N[C@@H](Cc2ccccc2)C(=O)OC)n1. The number of esters is 1. The van der Waals surface area contributed by atoms with Gasteiger partial charge >= 0.3 is 5.97 Å². The highest BCUT2D eigenvalue weighted by Gasteiger charge is 2.24. The predicted molar refractivity (Wildman–Crippen MR) is 104 cm³/mol. The van der Waals surface area contributed by atoms with Gasteiger partial charge in [-0.25, -0.2) is 14.8 Å². The zero-order chi connectivity index (χ0) is 18.9. The van der Waals surface area contributed by atoms with E-state index in [2.05, 4.69) is 38.1 Å². The van der Waals surface area contributed by atoms with E-state index in [0.717, 1.165) is 17.7 Å². The van der Waals surface area contributed by atoms with Crippen molar-refractivity contribution in [2.45, 2.75) is 31.0 Å². The van der Waals surface area contributed by atoms with Crippen LogP contribution in [0.5, 0.6) is 0 Å². The Hall–Kier alpha value is -1.93. The summed E-state index contributed by atoms with van der Waals surface area (Å²) in [6.45, 7) is 2.06. The number of rotatable bonds is 8. The van der Waals surface area contributed by atoms with E-state index in [1.54, 1.807) is 6.20 Å². The van der Waals surface area contributed by atoms with E-state index in [-0.39, 0.29) is 5.69 Å². The zero-order valence-corrected chi connectivity index (χ0v) is 17.0. The molecule has 0 aliphatic heterocycles. The Kier molecular flexibility index (Phi) is 8.06. The monoisotopic (exact) mass is 437 g/mol. The van der Waals surface area contributed by atoms with Crippen molar-refractivity contribution in [1.82, 2.24) is 15.3 Å². The average molecular weight is 438 g/mol. The van der Waals surface area contributed by atoms with Gasteiger partial charge in [0.1, 0.15) is 11.7 Å². The lowest BCUT2D eigenvalue weighted by molar-refractivity contribution is -0.142. The normalized spacial score (nSPS) is 11.7. The fourth-order valence-corrected chi connectivity index (χ4v) is 3.23. The van der Waals surface area contributed by atoms with Crippen molar-refractivity contribution in [1.29, 1.82) is 0 Å². The first-order chi connectivity index (χ1) is 12.5. The van der Waals surface area contributed by atoms with E-state index in [1.807, 2.05) is 30.3 Å². The first-order valence-electron chi connectivity index (χ1n) is 8.13. The van der Waals surface area contributed by atoms with Crippen LogP contribution in [0.25, 0.3) is 0 Å². The fraction of sp³-hybridized carbons (Fsp3) is 0.333. The van der Waals surface area contributed by atoms with Crippen molar-refractivity contribution in [2.75, 3.05) is 12.9 Å². The maximum absolute atomic E-state index is 12.7. The zero-order valence-electron chi connectivity index (χ0n) is 14.6. The van der Waals surface area contributed by atoms with Gasteiger partial charge < -0.3 is 10.1 Å². The Morgan fingerprint density at radius 2 is 2.04 bits per heavy atom. The highest BCUT2D eigenvalue weighted by molar-refractivity contribution is 9.10. The molecule has 1 aromatic carbocycles. The third-order valence-electron chi connectivity index (χ3n) is 3.45. The van der Waals surface area contributed by atoms with E-state index in [4.69, 9.17) is 4.74 Å². The predicted octanol–water partition coefficient (Wildman–Crippen LogP) is 3.26. The molecule has 0 spiro atoms. The molecule has 138 valence electrons. The molecule has 0 unspecified atom stereocenters. The molecule has 0 fully saturated rings. The molecule has 1 N–H and O–H groups in total. The van der Waals surface area contributed by atoms with Crippen molar-refractivity contribution in [3.05, 3.63) is 52.3 Å². The number of benzene rings is 1. The summed E-state index contributed by atoms with van der Waals surface area (Å²) in [6.07, 6.45) is 2.86. The number of hydrogen-bond acceptors (Lipinski definition) is 6. The van der Waals surface area contributed by atoms with Crippen LogP contribution in [0.2, 0.25) is 0 Å². The number of aromatic nitrogens is 2. The van der Waals surface area contributed by atoms with Gasteiger partial charge in [-0.3, -0.25) is 4.79 Å². The van der Waals surface area contributed by atoms with Crippen LogP contribution >= 0.6 is 27.7 Å². The third kappa shape index (κ3) is 5.81. The summed E-state index contributed by atoms with van der Waals surface area (Å²) in [6, 6.07) is 8.63. The lowest BCUT2D eigenvalue weighted by Gasteiger charge is -2.17. The molecule has 6 nitrogen and oxygen atoms in total. The van der Waals surface area contributed by atoms with Crippen LogP contribution in [0.4, 0.5) is 0 Å². The molecule has 1 heterocycles. The van der Waals surface area contributed by atoms with Crippen molar-refractivity contribution >= 4 is 39.6 Å². The first kappa shape index (κ1) is 20.4. The van der Waals surface area contributed by atoms with Gasteiger partial charge in [0.25, 0.3) is 5.91 Å². The lowest BCUT2D eigenvalue weighted by atomic mass is 10.1. The molecule has 0 radical (unpaired) electrons. The number of carbonyl (C=O) groups is 2. The number of nitrogens with zero attached hydrogens (tertiary/aromatic N) is 2. The summed E-state index contributed by atoms with van der Waals surface area (Å²) >= 11 is 4.78. The van der Waals surface area contributed by atoms with Gasteiger partial charge in [0.2, 0.25) is 0 Å². The van der Waals surface area contributed by atoms with Crippen LogP contribution < -0.4 is 5.32 Å². The lowest BCUT2D eigenvalue weighted by Crippen LogP contribution is -2.43. The van der Waals surface area contributed by atoms with Crippen molar-refractivity contribution < 1.29 is 14.3 Å². The topological polar surface area (TPSA) is 81.2 Å². The van der Waals surface area contributed by atoms with Gasteiger partial charge in [-0.1, -0.05) is 49.0 Å². The van der Waals surface area contributed by atoms with E-state index in [1.165, 1.54) is 18.9 Å². The molecule has 8 heteroatoms. The summed E-state index contributed by atoms with van der Waals surface area (Å²) in [5.74, 6) is -0.0986. The summed E-state index contributed by atoms with van der Waals surface area (Å²) in [4.78, 5) is 33.2. The molecule has 1 atom stereocenters. The molecular weight excluding hydrogens is 418 g/mol. The maximum Gasteiger partial charge on any atom is 0.328 e. The number of hydrogen-bond donors (Lipinski definition) is 1. The summed E-state index contributed by atoms with van der Waals surface area (Å²) in [7, 11) is 1.30. The van der Waals surface area contributed by atoms with Crippen LogP contribution in [-0.4, -0.2) is 40.7 Å². The molecular formula is C18H20BrN3O3S. The number of thioether (sulfide) groups is 1. The summed E-state index contributed by atoms with van der Waals surface area (Å²) in [5.41, 5.74) is 1.12. The number of nitrogens with one attached hydrogen (secondary N) is 1. The Bertz CT molecular complexity index is 759. The Balaban J connectivity index is 2.17. The standard InChI is InChI=1S/C18H20BrN3O3S/c1-3-9-26-18-20-11-13(19)15(22-18)16(23)21-14(17(24)25-2)10-12-7-5-4-6-8-12/h4-8,11,14H,3,9-10H2,1-2H3,(H,21,23)/t14-/m0/s1. The van der Waals surface area contributed by atoms with Crippen LogP contribution in [0.15, 0.2) is 46.2 Å². The molecule has 0 saturated carbocycles. The van der Waals surface area contributed by atoms with E-state index >= 15 is 0 Å². The van der Waals surface area contributed by atoms with Gasteiger partial charge in [0.15, 0.2) is 5.16 Å². The van der Waals surface area contributed by atoms with Gasteiger partial charge in [0.05, 0.1) is 11.6 Å². The van der Waals surface area contributed by atoms with Crippen LogP contribution in [0.1, 0.15) is 29.4 Å². The minimum Gasteiger partial charge on any atom is -0.467 e. The van der Waals surface area contributed by atoms with Crippen molar-refractivity contribution in [3.8, 4) is 0 Å². The number of amides is 1. The first-order valence-corrected chi connectivity index (χ1v) is 9.91. The minimum atomic E-state index is -0.802. The van der Waals surface area contributed by atoms with Crippen LogP contribution in [0, 0.1) is 0 Å². The highest BCUT2D eigenvalue weighted by Crippen LogP contribution is 2.19. The van der Waals surface area contributed by atoms with Gasteiger partial charge in [-0.15, -0.1) is 0 Å². The fourth-order valence-electron chi connectivity index (χ4n) is 2.19. The Morgan fingerprint density at radius 3 is 2.69 bits per heavy atom. The molecule has 0 bridgehead atoms. The molecule has 26 heavy (non-hydrogen) atoms. The van der Waals surface area contributed by atoms with Gasteiger partial charge in [-0.05, 0) is 27.9 Å². The minimum absolute atomic E-state index is 0.195. The largest absolute Gasteiger partial charge is 0.467 e. The second-order valence-corrected chi connectivity index (χ2v) is 7.35.